The number of amides is 2. The number of hydrogen-bond donors (Lipinski definition) is 3. The fourth-order valence-electron chi connectivity index (χ4n) is 2.07. The smallest absolute Gasteiger partial charge is 0.251 e. The van der Waals surface area contributed by atoms with Gasteiger partial charge < -0.3 is 15.8 Å². The van der Waals surface area contributed by atoms with Gasteiger partial charge >= 0.3 is 0 Å². The first kappa shape index (κ1) is 19.8. The van der Waals surface area contributed by atoms with E-state index in [0.29, 0.717) is 30.4 Å². The molecule has 0 spiro atoms. The number of anilines is 1. The van der Waals surface area contributed by atoms with Crippen LogP contribution in [0.1, 0.15) is 33.1 Å². The van der Waals surface area contributed by atoms with Gasteiger partial charge in [0.15, 0.2) is 5.13 Å². The minimum atomic E-state index is -0.746. The predicted octanol–water partition coefficient (Wildman–Crippen LogP) is 1.43. The number of unbranched alkanes of at least 4 members (excludes halogenated alkanes) is 1. The van der Waals surface area contributed by atoms with Crippen molar-refractivity contribution in [2.75, 3.05) is 19.0 Å². The summed E-state index contributed by atoms with van der Waals surface area (Å²) in [5.41, 5.74) is 0. The van der Waals surface area contributed by atoms with E-state index >= 15 is 0 Å². The molecule has 0 aliphatic carbocycles. The van der Waals surface area contributed by atoms with E-state index < -0.39 is 6.04 Å². The molecule has 0 aliphatic heterocycles. The maximum Gasteiger partial charge on any atom is 0.251 e. The molecule has 1 heterocycles. The number of rotatable bonds is 9. The Morgan fingerprint density at radius 1 is 1.46 bits per heavy atom. The number of amidine groups is 1. The average Bonchev–Trinajstić information content (AvgIpc) is 3.05. The highest BCUT2D eigenvalue weighted by Crippen LogP contribution is 2.15. The van der Waals surface area contributed by atoms with E-state index in [2.05, 4.69) is 20.8 Å². The molecule has 1 atom stereocenters. The summed E-state index contributed by atoms with van der Waals surface area (Å²) < 4.78 is 0. The van der Waals surface area contributed by atoms with E-state index in [0.717, 1.165) is 11.5 Å². The Morgan fingerprint density at radius 3 is 2.75 bits per heavy atom. The third-order valence-electron chi connectivity index (χ3n) is 3.19. The van der Waals surface area contributed by atoms with Crippen molar-refractivity contribution in [3.05, 3.63) is 11.6 Å². The van der Waals surface area contributed by atoms with Crippen molar-refractivity contribution < 1.29 is 19.6 Å². The summed E-state index contributed by atoms with van der Waals surface area (Å²) in [6.07, 6.45) is 3.44. The first-order valence-electron chi connectivity index (χ1n) is 7.46. The first-order chi connectivity index (χ1) is 11.5. The zero-order chi connectivity index (χ0) is 17.9. The number of hydrogen-bond acceptors (Lipinski definition) is 7. The number of carbonyl (C=O) groups is 2. The number of carbonyl (C=O) groups excluding carboxylic acids is 2. The highest BCUT2D eigenvalue weighted by Gasteiger charge is 2.28. The molecular formula is C14H23N5O4S. The molecule has 3 N–H and O–H groups in total. The fraction of sp³-hybridized carbons (Fsp3) is 0.571. The standard InChI is InChI=1S/C14H23N5O4S/c1-10(18-22)15-7-5-4-6-12(19(23-3)11(2)20)13(21)17-14-16-8-9-24-14/h8-9,12,22H,4-7H2,1-3H3,(H,15,18)(H,16,17,21). The van der Waals surface area contributed by atoms with Gasteiger partial charge in [-0.25, -0.2) is 10.0 Å². The molecule has 10 heteroatoms. The minimum Gasteiger partial charge on any atom is -0.409 e. The van der Waals surface area contributed by atoms with Gasteiger partial charge in [0.2, 0.25) is 5.91 Å². The first-order valence-corrected chi connectivity index (χ1v) is 8.34. The summed E-state index contributed by atoms with van der Waals surface area (Å²) in [7, 11) is 1.35. The van der Waals surface area contributed by atoms with Crippen LogP contribution >= 0.6 is 11.3 Å². The van der Waals surface area contributed by atoms with Gasteiger partial charge in [-0.1, -0.05) is 5.16 Å². The zero-order valence-electron chi connectivity index (χ0n) is 14.0. The van der Waals surface area contributed by atoms with Crippen LogP contribution in [0.3, 0.4) is 0 Å². The van der Waals surface area contributed by atoms with Crippen molar-refractivity contribution in [3.8, 4) is 0 Å². The molecular weight excluding hydrogens is 334 g/mol. The Balaban J connectivity index is 2.60. The summed E-state index contributed by atoms with van der Waals surface area (Å²) in [6, 6.07) is -0.746. The normalized spacial score (nSPS) is 12.5. The molecule has 0 saturated carbocycles. The second kappa shape index (κ2) is 10.6. The van der Waals surface area contributed by atoms with Crippen LogP contribution < -0.4 is 10.6 Å². The van der Waals surface area contributed by atoms with Crippen molar-refractivity contribution in [3.63, 3.8) is 0 Å². The molecule has 0 saturated heterocycles. The molecule has 0 aliphatic rings. The Bertz CT molecular complexity index is 549. The monoisotopic (exact) mass is 357 g/mol. The van der Waals surface area contributed by atoms with Gasteiger partial charge in [0, 0.05) is 25.0 Å². The second-order valence-corrected chi connectivity index (χ2v) is 5.87. The third-order valence-corrected chi connectivity index (χ3v) is 3.88. The van der Waals surface area contributed by atoms with E-state index in [1.54, 1.807) is 18.5 Å². The molecule has 0 bridgehead atoms. The number of oxime groups is 1. The third kappa shape index (κ3) is 6.50. The maximum atomic E-state index is 12.4. The van der Waals surface area contributed by atoms with Crippen molar-refractivity contribution in [1.29, 1.82) is 0 Å². The van der Waals surface area contributed by atoms with E-state index in [4.69, 9.17) is 10.0 Å². The van der Waals surface area contributed by atoms with Crippen LogP contribution in [-0.4, -0.2) is 52.6 Å². The van der Waals surface area contributed by atoms with Gasteiger partial charge in [0.1, 0.15) is 11.9 Å². The largest absolute Gasteiger partial charge is 0.409 e. The lowest BCUT2D eigenvalue weighted by atomic mass is 10.1. The van der Waals surface area contributed by atoms with Crippen molar-refractivity contribution in [2.24, 2.45) is 5.16 Å². The van der Waals surface area contributed by atoms with Gasteiger partial charge in [0.25, 0.3) is 5.91 Å². The number of aromatic nitrogens is 1. The molecule has 134 valence electrons. The molecule has 0 aromatic carbocycles. The summed E-state index contributed by atoms with van der Waals surface area (Å²) in [5.74, 6) is -0.267. The number of thiazole rings is 1. The van der Waals surface area contributed by atoms with Crippen LogP contribution in [0.15, 0.2) is 16.7 Å². The summed E-state index contributed by atoms with van der Waals surface area (Å²) >= 11 is 1.30. The minimum absolute atomic E-state index is 0.344. The van der Waals surface area contributed by atoms with Crippen molar-refractivity contribution in [1.82, 2.24) is 15.4 Å². The van der Waals surface area contributed by atoms with Crippen molar-refractivity contribution in [2.45, 2.75) is 39.2 Å². The molecule has 1 aromatic heterocycles. The summed E-state index contributed by atoms with van der Waals surface area (Å²) in [4.78, 5) is 33.2. The van der Waals surface area contributed by atoms with Gasteiger partial charge in [-0.05, 0) is 26.2 Å². The molecule has 1 aromatic rings. The SMILES string of the molecule is CON(C(C)=O)C(CCCCNC(C)=NO)C(=O)Nc1nccs1. The lowest BCUT2D eigenvalue weighted by Crippen LogP contribution is -2.46. The maximum absolute atomic E-state index is 12.4. The van der Waals surface area contributed by atoms with E-state index in [1.807, 2.05) is 0 Å². The van der Waals surface area contributed by atoms with Gasteiger partial charge in [-0.2, -0.15) is 0 Å². The summed E-state index contributed by atoms with van der Waals surface area (Å²) in [5, 5.41) is 20.5. The van der Waals surface area contributed by atoms with E-state index in [9.17, 15) is 9.59 Å². The van der Waals surface area contributed by atoms with Crippen LogP contribution in [0.4, 0.5) is 5.13 Å². The molecule has 9 nitrogen and oxygen atoms in total. The average molecular weight is 357 g/mol. The number of hydroxylamine groups is 2. The lowest BCUT2D eigenvalue weighted by Gasteiger charge is -2.27. The fourth-order valence-corrected chi connectivity index (χ4v) is 2.60. The highest BCUT2D eigenvalue weighted by atomic mass is 32.1. The Hall–Kier alpha value is -2.20. The lowest BCUT2D eigenvalue weighted by molar-refractivity contribution is -0.188. The molecule has 24 heavy (non-hydrogen) atoms. The van der Waals surface area contributed by atoms with Crippen LogP contribution in [0.25, 0.3) is 0 Å². The van der Waals surface area contributed by atoms with E-state index in [1.165, 1.54) is 25.4 Å². The Morgan fingerprint density at radius 2 is 2.21 bits per heavy atom. The van der Waals surface area contributed by atoms with Gasteiger partial charge in [-0.3, -0.25) is 14.4 Å². The number of nitrogens with one attached hydrogen (secondary N) is 2. The Labute approximate surface area is 144 Å². The van der Waals surface area contributed by atoms with Crippen LogP contribution in [0.5, 0.6) is 0 Å². The molecule has 0 radical (unpaired) electrons. The van der Waals surface area contributed by atoms with Crippen LogP contribution in [-0.2, 0) is 14.4 Å². The van der Waals surface area contributed by atoms with Crippen LogP contribution in [0, 0.1) is 0 Å². The van der Waals surface area contributed by atoms with Gasteiger partial charge in [0.05, 0.1) is 7.11 Å². The second-order valence-electron chi connectivity index (χ2n) is 4.98. The Kier molecular flexibility index (Phi) is 8.72. The van der Waals surface area contributed by atoms with E-state index in [-0.39, 0.29) is 11.8 Å². The predicted molar refractivity (Wildman–Crippen MR) is 90.8 cm³/mol. The quantitative estimate of drug-likeness (QED) is 0.202. The summed E-state index contributed by atoms with van der Waals surface area (Å²) in [6.45, 7) is 3.59. The highest BCUT2D eigenvalue weighted by molar-refractivity contribution is 7.13. The molecule has 2 amide bonds. The molecule has 1 rings (SSSR count). The van der Waals surface area contributed by atoms with Crippen molar-refractivity contribution >= 4 is 34.1 Å². The topological polar surface area (TPSA) is 116 Å². The molecule has 1 unspecified atom stereocenters. The molecule has 0 fully saturated rings. The zero-order valence-corrected chi connectivity index (χ0v) is 14.8. The van der Waals surface area contributed by atoms with Crippen LogP contribution in [0.2, 0.25) is 0 Å². The van der Waals surface area contributed by atoms with Gasteiger partial charge in [-0.15, -0.1) is 11.3 Å². The number of nitrogens with zero attached hydrogens (tertiary/aromatic N) is 3.